The van der Waals surface area contributed by atoms with Crippen molar-refractivity contribution in [1.29, 1.82) is 0 Å². The number of amides is 1. The number of hydrogen-bond donors (Lipinski definition) is 2. The maximum absolute atomic E-state index is 12.4. The fourth-order valence-electron chi connectivity index (χ4n) is 2.57. The van der Waals surface area contributed by atoms with E-state index in [1.165, 1.54) is 0 Å². The van der Waals surface area contributed by atoms with Crippen molar-refractivity contribution in [3.63, 3.8) is 0 Å². The lowest BCUT2D eigenvalue weighted by molar-refractivity contribution is -0.124. The number of benzene rings is 1. The molecule has 0 bridgehead atoms. The van der Waals surface area contributed by atoms with Gasteiger partial charge in [-0.3, -0.25) is 4.79 Å². The summed E-state index contributed by atoms with van der Waals surface area (Å²) >= 11 is 6.09. The number of carbonyl (C=O) groups is 1. The van der Waals surface area contributed by atoms with Gasteiger partial charge < -0.3 is 11.1 Å². The lowest BCUT2D eigenvalue weighted by Crippen LogP contribution is -2.40. The van der Waals surface area contributed by atoms with Gasteiger partial charge in [-0.25, -0.2) is 0 Å². The van der Waals surface area contributed by atoms with Crippen LogP contribution >= 0.6 is 11.6 Å². The fraction of sp³-hybridized carbons (Fsp3) is 0.500. The van der Waals surface area contributed by atoms with Gasteiger partial charge in [0.15, 0.2) is 0 Å². The van der Waals surface area contributed by atoms with Crippen LogP contribution in [-0.4, -0.2) is 12.5 Å². The average molecular weight is 267 g/mol. The van der Waals surface area contributed by atoms with E-state index in [1.807, 2.05) is 19.1 Å². The van der Waals surface area contributed by atoms with Gasteiger partial charge in [-0.05, 0) is 37.5 Å². The molecule has 1 saturated carbocycles. The summed E-state index contributed by atoms with van der Waals surface area (Å²) in [6.45, 7) is 2.38. The summed E-state index contributed by atoms with van der Waals surface area (Å²) in [6, 6.07) is 5.61. The highest BCUT2D eigenvalue weighted by Gasteiger charge is 2.39. The minimum absolute atomic E-state index is 0.00926. The summed E-state index contributed by atoms with van der Waals surface area (Å²) in [7, 11) is 0. The van der Waals surface area contributed by atoms with Crippen LogP contribution in [0.25, 0.3) is 0 Å². The molecule has 1 aliphatic carbocycles. The minimum atomic E-state index is -0.396. The number of carbonyl (C=O) groups excluding carboxylic acids is 1. The van der Waals surface area contributed by atoms with E-state index >= 15 is 0 Å². The highest BCUT2D eigenvalue weighted by molar-refractivity contribution is 6.33. The van der Waals surface area contributed by atoms with E-state index in [9.17, 15) is 4.79 Å². The van der Waals surface area contributed by atoms with Crippen molar-refractivity contribution in [3.05, 3.63) is 28.8 Å². The molecule has 4 heteroatoms. The topological polar surface area (TPSA) is 55.1 Å². The Balaban J connectivity index is 2.18. The number of rotatable bonds is 3. The average Bonchev–Trinajstić information content (AvgIpc) is 2.84. The second-order valence-electron chi connectivity index (χ2n) is 5.13. The zero-order chi connectivity index (χ0) is 13.2. The van der Waals surface area contributed by atoms with Crippen LogP contribution in [0.15, 0.2) is 18.2 Å². The first-order chi connectivity index (χ1) is 8.57. The summed E-state index contributed by atoms with van der Waals surface area (Å²) in [5.74, 6) is 0.00926. The van der Waals surface area contributed by atoms with Crippen molar-refractivity contribution in [2.75, 3.05) is 11.9 Å². The second-order valence-corrected chi connectivity index (χ2v) is 5.54. The summed E-state index contributed by atoms with van der Waals surface area (Å²) < 4.78 is 0. The highest BCUT2D eigenvalue weighted by Crippen LogP contribution is 2.38. The molecule has 0 saturated heterocycles. The van der Waals surface area contributed by atoms with Crippen molar-refractivity contribution in [3.8, 4) is 0 Å². The van der Waals surface area contributed by atoms with E-state index < -0.39 is 5.41 Å². The number of halogens is 1. The summed E-state index contributed by atoms with van der Waals surface area (Å²) in [5.41, 5.74) is 7.16. The lowest BCUT2D eigenvalue weighted by atomic mass is 9.85. The van der Waals surface area contributed by atoms with E-state index in [1.54, 1.807) is 6.07 Å². The van der Waals surface area contributed by atoms with E-state index in [0.29, 0.717) is 17.3 Å². The third-order valence-electron chi connectivity index (χ3n) is 3.80. The number of anilines is 1. The molecule has 0 radical (unpaired) electrons. The van der Waals surface area contributed by atoms with Crippen molar-refractivity contribution in [2.45, 2.75) is 32.6 Å². The van der Waals surface area contributed by atoms with Crippen molar-refractivity contribution >= 4 is 23.2 Å². The van der Waals surface area contributed by atoms with Crippen LogP contribution in [0.5, 0.6) is 0 Å². The Bertz CT molecular complexity index is 453. The predicted molar refractivity (Wildman–Crippen MR) is 74.8 cm³/mol. The molecule has 98 valence electrons. The Kier molecular flexibility index (Phi) is 3.93. The van der Waals surface area contributed by atoms with Gasteiger partial charge in [0.05, 0.1) is 16.1 Å². The van der Waals surface area contributed by atoms with Crippen LogP contribution in [0.1, 0.15) is 31.2 Å². The normalized spacial score (nSPS) is 17.7. The zero-order valence-corrected chi connectivity index (χ0v) is 11.4. The smallest absolute Gasteiger partial charge is 0.231 e. The largest absolute Gasteiger partial charge is 0.329 e. The van der Waals surface area contributed by atoms with Gasteiger partial charge in [0.2, 0.25) is 5.91 Å². The molecular formula is C14H19ClN2O. The maximum Gasteiger partial charge on any atom is 0.231 e. The Labute approximate surface area is 113 Å². The van der Waals surface area contributed by atoms with Gasteiger partial charge in [-0.15, -0.1) is 0 Å². The monoisotopic (exact) mass is 266 g/mol. The quantitative estimate of drug-likeness (QED) is 0.883. The lowest BCUT2D eigenvalue weighted by Gasteiger charge is -2.26. The predicted octanol–water partition coefficient (Wildman–Crippen LogP) is 3.11. The van der Waals surface area contributed by atoms with Gasteiger partial charge in [0, 0.05) is 6.54 Å². The van der Waals surface area contributed by atoms with Crippen LogP contribution in [0.2, 0.25) is 5.02 Å². The molecule has 3 nitrogen and oxygen atoms in total. The minimum Gasteiger partial charge on any atom is -0.329 e. The summed E-state index contributed by atoms with van der Waals surface area (Å²) in [4.78, 5) is 12.4. The van der Waals surface area contributed by atoms with E-state index in [0.717, 1.165) is 31.2 Å². The molecule has 0 unspecified atom stereocenters. The summed E-state index contributed by atoms with van der Waals surface area (Å²) in [6.07, 6.45) is 3.90. The van der Waals surface area contributed by atoms with E-state index in [4.69, 9.17) is 17.3 Å². The molecule has 1 aliphatic rings. The van der Waals surface area contributed by atoms with Gasteiger partial charge in [0.25, 0.3) is 0 Å². The van der Waals surface area contributed by atoms with Crippen LogP contribution in [0.3, 0.4) is 0 Å². The van der Waals surface area contributed by atoms with Crippen molar-refractivity contribution in [2.24, 2.45) is 11.1 Å². The SMILES string of the molecule is Cc1ccc(Cl)c(NC(=O)C2(CN)CCCC2)c1. The van der Waals surface area contributed by atoms with Crippen molar-refractivity contribution in [1.82, 2.24) is 0 Å². The molecule has 0 atom stereocenters. The third-order valence-corrected chi connectivity index (χ3v) is 4.13. The Morgan fingerprint density at radius 2 is 2.11 bits per heavy atom. The van der Waals surface area contributed by atoms with Gasteiger partial charge in [-0.1, -0.05) is 30.5 Å². The van der Waals surface area contributed by atoms with E-state index in [-0.39, 0.29) is 5.91 Å². The van der Waals surface area contributed by atoms with Gasteiger partial charge >= 0.3 is 0 Å². The number of nitrogens with one attached hydrogen (secondary N) is 1. The molecule has 0 heterocycles. The Morgan fingerprint density at radius 1 is 1.44 bits per heavy atom. The molecule has 1 amide bonds. The molecule has 0 spiro atoms. The van der Waals surface area contributed by atoms with Crippen molar-refractivity contribution < 1.29 is 4.79 Å². The van der Waals surface area contributed by atoms with Crippen LogP contribution in [0, 0.1) is 12.3 Å². The third kappa shape index (κ3) is 2.52. The standard InChI is InChI=1S/C14H19ClN2O/c1-10-4-5-11(15)12(8-10)17-13(18)14(9-16)6-2-3-7-14/h4-5,8H,2-3,6-7,9,16H2,1H3,(H,17,18). The molecule has 2 rings (SSSR count). The molecule has 1 fully saturated rings. The molecule has 1 aromatic carbocycles. The molecule has 1 aromatic rings. The molecule has 18 heavy (non-hydrogen) atoms. The van der Waals surface area contributed by atoms with Gasteiger partial charge in [-0.2, -0.15) is 0 Å². The Hall–Kier alpha value is -1.06. The fourth-order valence-corrected chi connectivity index (χ4v) is 2.73. The van der Waals surface area contributed by atoms with Crippen LogP contribution in [-0.2, 0) is 4.79 Å². The molecule has 3 N–H and O–H groups in total. The zero-order valence-electron chi connectivity index (χ0n) is 10.6. The maximum atomic E-state index is 12.4. The first-order valence-corrected chi connectivity index (χ1v) is 6.73. The molecule has 0 aromatic heterocycles. The number of aryl methyl sites for hydroxylation is 1. The van der Waals surface area contributed by atoms with Gasteiger partial charge in [0.1, 0.15) is 0 Å². The molecular weight excluding hydrogens is 248 g/mol. The first kappa shape index (κ1) is 13.4. The number of hydrogen-bond acceptors (Lipinski definition) is 2. The van der Waals surface area contributed by atoms with Crippen LogP contribution < -0.4 is 11.1 Å². The Morgan fingerprint density at radius 3 is 2.72 bits per heavy atom. The van der Waals surface area contributed by atoms with E-state index in [2.05, 4.69) is 5.32 Å². The second kappa shape index (κ2) is 5.29. The van der Waals surface area contributed by atoms with Crippen LogP contribution in [0.4, 0.5) is 5.69 Å². The molecule has 0 aliphatic heterocycles. The summed E-state index contributed by atoms with van der Waals surface area (Å²) in [5, 5.41) is 3.50. The number of nitrogens with two attached hydrogens (primary N) is 1. The first-order valence-electron chi connectivity index (χ1n) is 6.35. The highest BCUT2D eigenvalue weighted by atomic mass is 35.5.